The molecule has 1 aliphatic rings. The van der Waals surface area contributed by atoms with Crippen LogP contribution in [0.15, 0.2) is 66.2 Å². The summed E-state index contributed by atoms with van der Waals surface area (Å²) >= 11 is 7.33. The van der Waals surface area contributed by atoms with Gasteiger partial charge in [-0.2, -0.15) is 5.10 Å². The fourth-order valence-electron chi connectivity index (χ4n) is 3.85. The number of anilines is 1. The Kier molecular flexibility index (Phi) is 5.97. The second-order valence-electron chi connectivity index (χ2n) is 7.87. The summed E-state index contributed by atoms with van der Waals surface area (Å²) in [6.45, 7) is 1.05. The van der Waals surface area contributed by atoms with E-state index >= 15 is 0 Å². The van der Waals surface area contributed by atoms with Crippen molar-refractivity contribution in [2.24, 2.45) is 0 Å². The normalized spacial score (nSPS) is 12.5. The monoisotopic (exact) mass is 463 g/mol. The number of aromatic nitrogens is 2. The van der Waals surface area contributed by atoms with Gasteiger partial charge < -0.3 is 10.1 Å². The molecule has 162 valence electrons. The van der Waals surface area contributed by atoms with Crippen molar-refractivity contribution >= 4 is 34.7 Å². The maximum atomic E-state index is 12.6. The van der Waals surface area contributed by atoms with Gasteiger partial charge in [0.05, 0.1) is 11.4 Å². The molecule has 0 saturated carbocycles. The molecule has 1 amide bonds. The van der Waals surface area contributed by atoms with Crippen LogP contribution in [0.4, 0.5) is 5.82 Å². The molecule has 5 nitrogen and oxygen atoms in total. The van der Waals surface area contributed by atoms with E-state index in [1.165, 1.54) is 28.9 Å². The van der Waals surface area contributed by atoms with Crippen LogP contribution in [0.5, 0.6) is 5.75 Å². The first-order chi connectivity index (χ1) is 15.6. The number of halogens is 1. The molecule has 0 aliphatic heterocycles. The van der Waals surface area contributed by atoms with Crippen LogP contribution >= 0.6 is 22.9 Å². The topological polar surface area (TPSA) is 56.2 Å². The van der Waals surface area contributed by atoms with Gasteiger partial charge in [-0.3, -0.25) is 9.48 Å². The molecule has 1 aliphatic carbocycles. The van der Waals surface area contributed by atoms with Crippen LogP contribution in [0.1, 0.15) is 38.3 Å². The zero-order valence-electron chi connectivity index (χ0n) is 17.4. The van der Waals surface area contributed by atoms with Crippen LogP contribution in [0.3, 0.4) is 0 Å². The molecule has 2 heterocycles. The molecule has 1 N–H and O–H groups in total. The minimum Gasteiger partial charge on any atom is -0.489 e. The summed E-state index contributed by atoms with van der Waals surface area (Å²) in [5, 5.41) is 9.97. The molecule has 2 aromatic carbocycles. The van der Waals surface area contributed by atoms with Gasteiger partial charge >= 0.3 is 0 Å². The molecule has 0 fully saturated rings. The summed E-state index contributed by atoms with van der Waals surface area (Å²) in [5.41, 5.74) is 4.89. The van der Waals surface area contributed by atoms with Crippen LogP contribution in [0.2, 0.25) is 5.02 Å². The summed E-state index contributed by atoms with van der Waals surface area (Å²) in [4.78, 5) is 13.3. The minimum atomic E-state index is -0.171. The van der Waals surface area contributed by atoms with Crippen molar-refractivity contribution < 1.29 is 9.53 Å². The van der Waals surface area contributed by atoms with Gasteiger partial charge in [-0.1, -0.05) is 29.8 Å². The van der Waals surface area contributed by atoms with E-state index in [-0.39, 0.29) is 5.91 Å². The molecular weight excluding hydrogens is 442 g/mol. The number of nitrogens with zero attached hydrogens (tertiary/aromatic N) is 2. The molecule has 2 aromatic heterocycles. The summed E-state index contributed by atoms with van der Waals surface area (Å²) in [7, 11) is 0. The highest BCUT2D eigenvalue weighted by Crippen LogP contribution is 2.27. The standard InChI is InChI=1S/C25H22ClN3O2S/c26-21-7-4-17(5-8-21)14-29-11-10-24(28-29)27-25(30)23-12-18(16-32-23)15-31-22-9-6-19-2-1-3-20(19)13-22/h4-13,16H,1-3,14-15H2,(H,27,28,30). The van der Waals surface area contributed by atoms with Crippen molar-refractivity contribution in [3.63, 3.8) is 0 Å². The summed E-state index contributed by atoms with van der Waals surface area (Å²) in [6, 6.07) is 17.6. The van der Waals surface area contributed by atoms with Gasteiger partial charge in [0.15, 0.2) is 5.82 Å². The lowest BCUT2D eigenvalue weighted by Gasteiger charge is -2.07. The molecule has 0 saturated heterocycles. The first-order valence-corrected chi connectivity index (χ1v) is 11.8. The van der Waals surface area contributed by atoms with Crippen LogP contribution in [-0.4, -0.2) is 15.7 Å². The lowest BCUT2D eigenvalue weighted by atomic mass is 10.1. The molecule has 7 heteroatoms. The number of fused-ring (bicyclic) bond motifs is 1. The van der Waals surface area contributed by atoms with Crippen molar-refractivity contribution in [1.29, 1.82) is 0 Å². The van der Waals surface area contributed by atoms with Gasteiger partial charge in [0.1, 0.15) is 12.4 Å². The first kappa shape index (κ1) is 20.8. The number of rotatable bonds is 7. The van der Waals surface area contributed by atoms with Crippen LogP contribution in [0.25, 0.3) is 0 Å². The zero-order chi connectivity index (χ0) is 21.9. The van der Waals surface area contributed by atoms with Crippen molar-refractivity contribution in [2.75, 3.05) is 5.32 Å². The average molecular weight is 464 g/mol. The number of carbonyl (C=O) groups is 1. The lowest BCUT2D eigenvalue weighted by molar-refractivity contribution is 0.103. The highest BCUT2D eigenvalue weighted by Gasteiger charge is 2.13. The van der Waals surface area contributed by atoms with Gasteiger partial charge in [0, 0.05) is 22.8 Å². The largest absolute Gasteiger partial charge is 0.489 e. The zero-order valence-corrected chi connectivity index (χ0v) is 19.0. The Morgan fingerprint density at radius 1 is 1.06 bits per heavy atom. The van der Waals surface area contributed by atoms with Crippen molar-refractivity contribution in [3.05, 3.63) is 98.3 Å². The number of hydrogen-bond acceptors (Lipinski definition) is 4. The van der Waals surface area contributed by atoms with E-state index in [9.17, 15) is 4.79 Å². The fourth-order valence-corrected chi connectivity index (χ4v) is 4.76. The van der Waals surface area contributed by atoms with E-state index in [0.29, 0.717) is 28.9 Å². The molecule has 32 heavy (non-hydrogen) atoms. The quantitative estimate of drug-likeness (QED) is 0.367. The minimum absolute atomic E-state index is 0.171. The predicted octanol–water partition coefficient (Wildman–Crippen LogP) is 5.97. The Morgan fingerprint density at radius 2 is 1.91 bits per heavy atom. The third-order valence-corrected chi connectivity index (χ3v) is 6.72. The van der Waals surface area contributed by atoms with E-state index in [4.69, 9.17) is 16.3 Å². The number of ether oxygens (including phenoxy) is 1. The number of nitrogens with one attached hydrogen (secondary N) is 1. The lowest BCUT2D eigenvalue weighted by Crippen LogP contribution is -2.11. The summed E-state index contributed by atoms with van der Waals surface area (Å²) in [6.07, 6.45) is 5.36. The van der Waals surface area contributed by atoms with Gasteiger partial charge in [-0.05, 0) is 71.7 Å². The highest BCUT2D eigenvalue weighted by molar-refractivity contribution is 7.12. The number of thiophene rings is 1. The Hall–Kier alpha value is -3.09. The summed E-state index contributed by atoms with van der Waals surface area (Å²) in [5.74, 6) is 1.23. The third-order valence-electron chi connectivity index (χ3n) is 5.49. The Bertz CT molecular complexity index is 1250. The van der Waals surface area contributed by atoms with Gasteiger partial charge in [0.25, 0.3) is 5.91 Å². The Balaban J connectivity index is 1.16. The fraction of sp³-hybridized carbons (Fsp3) is 0.200. The van der Waals surface area contributed by atoms with Gasteiger partial charge in [-0.25, -0.2) is 0 Å². The Labute approximate surface area is 195 Å². The van der Waals surface area contributed by atoms with E-state index in [2.05, 4.69) is 22.5 Å². The maximum absolute atomic E-state index is 12.6. The second kappa shape index (κ2) is 9.18. The molecule has 4 aromatic rings. The molecule has 0 bridgehead atoms. The number of aryl methyl sites for hydroxylation is 2. The molecule has 0 atom stereocenters. The van der Waals surface area contributed by atoms with Crippen molar-refractivity contribution in [2.45, 2.75) is 32.4 Å². The van der Waals surface area contributed by atoms with Crippen molar-refractivity contribution in [1.82, 2.24) is 9.78 Å². The second-order valence-corrected chi connectivity index (χ2v) is 9.22. The van der Waals surface area contributed by atoms with Crippen LogP contribution < -0.4 is 10.1 Å². The predicted molar refractivity (Wildman–Crippen MR) is 128 cm³/mol. The molecular formula is C25H22ClN3O2S. The molecule has 0 spiro atoms. The summed E-state index contributed by atoms with van der Waals surface area (Å²) < 4.78 is 7.73. The van der Waals surface area contributed by atoms with Crippen molar-refractivity contribution in [3.8, 4) is 5.75 Å². The highest BCUT2D eigenvalue weighted by atomic mass is 35.5. The number of carbonyl (C=O) groups excluding carboxylic acids is 1. The molecule has 0 unspecified atom stereocenters. The first-order valence-electron chi connectivity index (χ1n) is 10.5. The third kappa shape index (κ3) is 4.87. The number of amides is 1. The smallest absolute Gasteiger partial charge is 0.266 e. The average Bonchev–Trinajstić information content (AvgIpc) is 3.54. The van der Waals surface area contributed by atoms with Gasteiger partial charge in [-0.15, -0.1) is 11.3 Å². The number of hydrogen-bond donors (Lipinski definition) is 1. The maximum Gasteiger partial charge on any atom is 0.266 e. The van der Waals surface area contributed by atoms with Crippen LogP contribution in [-0.2, 0) is 26.0 Å². The molecule has 0 radical (unpaired) electrons. The van der Waals surface area contributed by atoms with E-state index in [1.54, 1.807) is 10.7 Å². The number of benzene rings is 2. The van der Waals surface area contributed by atoms with E-state index in [1.807, 2.05) is 48.0 Å². The van der Waals surface area contributed by atoms with Gasteiger partial charge in [0.2, 0.25) is 0 Å². The molecule has 5 rings (SSSR count). The van der Waals surface area contributed by atoms with E-state index in [0.717, 1.165) is 29.7 Å². The van der Waals surface area contributed by atoms with Crippen LogP contribution in [0, 0.1) is 0 Å². The SMILES string of the molecule is O=C(Nc1ccn(Cc2ccc(Cl)cc2)n1)c1cc(COc2ccc3c(c2)CCC3)cs1. The Morgan fingerprint density at radius 3 is 2.78 bits per heavy atom. The van der Waals surface area contributed by atoms with E-state index < -0.39 is 0 Å².